The first-order valence-electron chi connectivity index (χ1n) is 5.43. The highest BCUT2D eigenvalue weighted by Gasteiger charge is 2.30. The van der Waals surface area contributed by atoms with Crippen molar-refractivity contribution in [3.8, 4) is 0 Å². The van der Waals surface area contributed by atoms with Crippen molar-refractivity contribution < 1.29 is 4.43 Å². The molecule has 1 aromatic rings. The summed E-state index contributed by atoms with van der Waals surface area (Å²) in [6, 6.07) is 0. The summed E-state index contributed by atoms with van der Waals surface area (Å²) in [5.74, 6) is 0.775. The molecular formula is C11H19BrN2OSi. The minimum Gasteiger partial charge on any atom is -0.410 e. The van der Waals surface area contributed by atoms with Crippen LogP contribution in [0.5, 0.6) is 0 Å². The predicted octanol–water partition coefficient (Wildman–Crippen LogP) is 3.33. The van der Waals surface area contributed by atoms with E-state index in [-0.39, 0.29) is 11.5 Å². The Bertz CT molecular complexity index is 335. The molecule has 0 radical (unpaired) electrons. The SMILES string of the molecule is C[SiH](C)OC(c1ncc(Br)cn1)C(C)(C)C. The molecule has 0 saturated carbocycles. The smallest absolute Gasteiger partial charge is 0.172 e. The fraction of sp³-hybridized carbons (Fsp3) is 0.636. The average molecular weight is 303 g/mol. The molecule has 0 aliphatic rings. The van der Waals surface area contributed by atoms with E-state index >= 15 is 0 Å². The van der Waals surface area contributed by atoms with E-state index in [4.69, 9.17) is 4.43 Å². The summed E-state index contributed by atoms with van der Waals surface area (Å²) in [5, 5.41) is 0. The van der Waals surface area contributed by atoms with Crippen LogP contribution >= 0.6 is 15.9 Å². The maximum atomic E-state index is 6.04. The zero-order valence-electron chi connectivity index (χ0n) is 10.5. The molecule has 1 unspecified atom stereocenters. The minimum atomic E-state index is -1.10. The monoisotopic (exact) mass is 302 g/mol. The van der Waals surface area contributed by atoms with Gasteiger partial charge < -0.3 is 4.43 Å². The van der Waals surface area contributed by atoms with Gasteiger partial charge in [-0.15, -0.1) is 0 Å². The zero-order valence-corrected chi connectivity index (χ0v) is 13.2. The summed E-state index contributed by atoms with van der Waals surface area (Å²) in [7, 11) is -1.10. The van der Waals surface area contributed by atoms with Crippen LogP contribution in [0.4, 0.5) is 0 Å². The highest BCUT2D eigenvalue weighted by Crippen LogP contribution is 2.34. The first-order valence-corrected chi connectivity index (χ1v) is 9.01. The number of hydrogen-bond donors (Lipinski definition) is 0. The summed E-state index contributed by atoms with van der Waals surface area (Å²) in [6.07, 6.45) is 3.52. The van der Waals surface area contributed by atoms with Crippen LogP contribution in [0.15, 0.2) is 16.9 Å². The molecule has 3 nitrogen and oxygen atoms in total. The van der Waals surface area contributed by atoms with Crippen molar-refractivity contribution in [2.24, 2.45) is 5.41 Å². The lowest BCUT2D eigenvalue weighted by molar-refractivity contribution is 0.0784. The average Bonchev–Trinajstić information content (AvgIpc) is 2.14. The van der Waals surface area contributed by atoms with Gasteiger partial charge in [0, 0.05) is 12.4 Å². The van der Waals surface area contributed by atoms with Crippen molar-refractivity contribution in [3.05, 3.63) is 22.7 Å². The summed E-state index contributed by atoms with van der Waals surface area (Å²) in [5.41, 5.74) is 0.0189. The normalized spacial score (nSPS) is 14.2. The van der Waals surface area contributed by atoms with Gasteiger partial charge in [-0.25, -0.2) is 9.97 Å². The predicted molar refractivity (Wildman–Crippen MR) is 71.9 cm³/mol. The molecule has 0 bridgehead atoms. The van der Waals surface area contributed by atoms with Crippen molar-refractivity contribution in [2.45, 2.75) is 40.0 Å². The van der Waals surface area contributed by atoms with E-state index in [0.717, 1.165) is 10.3 Å². The summed E-state index contributed by atoms with van der Waals surface area (Å²) >= 11 is 3.34. The second-order valence-corrected chi connectivity index (χ2v) is 8.48. The number of hydrogen-bond acceptors (Lipinski definition) is 3. The van der Waals surface area contributed by atoms with Crippen molar-refractivity contribution in [3.63, 3.8) is 0 Å². The van der Waals surface area contributed by atoms with Crippen molar-refractivity contribution in [2.75, 3.05) is 0 Å². The number of halogens is 1. The van der Waals surface area contributed by atoms with Crippen LogP contribution in [0.1, 0.15) is 32.7 Å². The fourth-order valence-electron chi connectivity index (χ4n) is 1.38. The Morgan fingerprint density at radius 3 is 2.12 bits per heavy atom. The minimum absolute atomic E-state index is 0.0189. The fourth-order valence-corrected chi connectivity index (χ4v) is 2.66. The van der Waals surface area contributed by atoms with Crippen LogP contribution < -0.4 is 0 Å². The Morgan fingerprint density at radius 1 is 1.25 bits per heavy atom. The van der Waals surface area contributed by atoms with E-state index in [1.165, 1.54) is 0 Å². The van der Waals surface area contributed by atoms with Crippen LogP contribution in [-0.4, -0.2) is 19.0 Å². The molecule has 0 saturated heterocycles. The maximum Gasteiger partial charge on any atom is 0.172 e. The Labute approximate surface area is 108 Å². The Balaban J connectivity index is 2.97. The summed E-state index contributed by atoms with van der Waals surface area (Å²) < 4.78 is 6.93. The molecular weight excluding hydrogens is 284 g/mol. The lowest BCUT2D eigenvalue weighted by Gasteiger charge is -2.31. The molecule has 16 heavy (non-hydrogen) atoms. The third-order valence-electron chi connectivity index (χ3n) is 2.07. The number of aromatic nitrogens is 2. The molecule has 1 rings (SSSR count). The molecule has 0 spiro atoms. The highest BCUT2D eigenvalue weighted by atomic mass is 79.9. The standard InChI is InChI=1S/C11H19BrN2OSi/c1-11(2,3)9(15-16(4)5)10-13-6-8(12)7-14-10/h6-7,9,16H,1-5H3. The topological polar surface area (TPSA) is 35.0 Å². The quantitative estimate of drug-likeness (QED) is 0.803. The molecule has 0 aromatic carbocycles. The molecule has 0 amide bonds. The Morgan fingerprint density at radius 2 is 1.75 bits per heavy atom. The van der Waals surface area contributed by atoms with Crippen LogP contribution in [0.25, 0.3) is 0 Å². The van der Waals surface area contributed by atoms with Gasteiger partial charge in [-0.05, 0) is 34.4 Å². The van der Waals surface area contributed by atoms with Gasteiger partial charge in [0.15, 0.2) is 14.9 Å². The van der Waals surface area contributed by atoms with Gasteiger partial charge in [-0.1, -0.05) is 20.8 Å². The third kappa shape index (κ3) is 3.96. The largest absolute Gasteiger partial charge is 0.410 e. The van der Waals surface area contributed by atoms with E-state index in [1.54, 1.807) is 12.4 Å². The lowest BCUT2D eigenvalue weighted by atomic mass is 9.89. The zero-order chi connectivity index (χ0) is 12.3. The first-order chi connectivity index (χ1) is 7.30. The van der Waals surface area contributed by atoms with Crippen LogP contribution in [0.2, 0.25) is 13.1 Å². The van der Waals surface area contributed by atoms with Gasteiger partial charge in [0.05, 0.1) is 4.47 Å². The van der Waals surface area contributed by atoms with Gasteiger partial charge in [0.1, 0.15) is 6.10 Å². The lowest BCUT2D eigenvalue weighted by Crippen LogP contribution is -2.27. The second kappa shape index (κ2) is 5.38. The molecule has 0 aliphatic heterocycles. The van der Waals surface area contributed by atoms with Gasteiger partial charge in [0.25, 0.3) is 0 Å². The molecule has 0 fully saturated rings. The summed E-state index contributed by atoms with van der Waals surface area (Å²) in [6.45, 7) is 10.8. The van der Waals surface area contributed by atoms with Crippen LogP contribution in [0, 0.1) is 5.41 Å². The molecule has 1 aromatic heterocycles. The van der Waals surface area contributed by atoms with E-state index in [9.17, 15) is 0 Å². The van der Waals surface area contributed by atoms with Gasteiger partial charge in [-0.3, -0.25) is 0 Å². The molecule has 5 heteroatoms. The van der Waals surface area contributed by atoms with Gasteiger partial charge >= 0.3 is 0 Å². The van der Waals surface area contributed by atoms with Crippen LogP contribution in [0.3, 0.4) is 0 Å². The van der Waals surface area contributed by atoms with Crippen molar-refractivity contribution >= 4 is 25.0 Å². The molecule has 0 N–H and O–H groups in total. The van der Waals surface area contributed by atoms with E-state index in [1.807, 2.05) is 0 Å². The number of rotatable bonds is 3. The van der Waals surface area contributed by atoms with E-state index in [0.29, 0.717) is 0 Å². The Hall–Kier alpha value is -0.263. The third-order valence-corrected chi connectivity index (χ3v) is 3.30. The Kier molecular flexibility index (Phi) is 4.64. The second-order valence-electron chi connectivity index (χ2n) is 5.19. The van der Waals surface area contributed by atoms with E-state index in [2.05, 4.69) is 59.8 Å². The molecule has 1 heterocycles. The maximum absolute atomic E-state index is 6.04. The van der Waals surface area contributed by atoms with Gasteiger partial charge in [0.2, 0.25) is 0 Å². The molecule has 90 valence electrons. The van der Waals surface area contributed by atoms with Crippen molar-refractivity contribution in [1.29, 1.82) is 0 Å². The van der Waals surface area contributed by atoms with Crippen LogP contribution in [-0.2, 0) is 4.43 Å². The highest BCUT2D eigenvalue weighted by molar-refractivity contribution is 9.10. The first kappa shape index (κ1) is 13.8. The number of nitrogens with zero attached hydrogens (tertiary/aromatic N) is 2. The van der Waals surface area contributed by atoms with E-state index < -0.39 is 9.04 Å². The van der Waals surface area contributed by atoms with Gasteiger partial charge in [-0.2, -0.15) is 0 Å². The summed E-state index contributed by atoms with van der Waals surface area (Å²) in [4.78, 5) is 8.67. The van der Waals surface area contributed by atoms with Crippen molar-refractivity contribution in [1.82, 2.24) is 9.97 Å². The molecule has 0 aliphatic carbocycles. The molecule has 1 atom stereocenters.